The first-order valence-corrected chi connectivity index (χ1v) is 20.0. The predicted molar refractivity (Wildman–Crippen MR) is 219 cm³/mol. The summed E-state index contributed by atoms with van der Waals surface area (Å²) in [6.07, 6.45) is 3.95. The van der Waals surface area contributed by atoms with Crippen molar-refractivity contribution in [1.29, 1.82) is 0 Å². The lowest BCUT2D eigenvalue weighted by Gasteiger charge is -2.38. The topological polar surface area (TPSA) is 197 Å². The van der Waals surface area contributed by atoms with E-state index in [9.17, 15) is 34.8 Å². The number of allylic oxidation sites excluding steroid dienone is 2. The quantitative estimate of drug-likeness (QED) is 0.138. The summed E-state index contributed by atoms with van der Waals surface area (Å²) in [7, 11) is 1.46. The molecule has 4 bridgehead atoms. The first kappa shape index (κ1) is 43.4. The number of aromatic hydroxyl groups is 2. The number of hydrogen-bond donors (Lipinski definition) is 5. The second-order valence-electron chi connectivity index (χ2n) is 15.2. The number of ketones is 1. The first-order valence-electron chi connectivity index (χ1n) is 19.2. The molecule has 2 aromatic carbocycles. The maximum Gasteiger partial charge on any atom is 0.312 e. The molecule has 0 aliphatic carbocycles. The molecule has 5 rings (SSSR count). The lowest BCUT2D eigenvalue weighted by atomic mass is 9.78. The molecule has 9 atom stereocenters. The first-order chi connectivity index (χ1) is 26.8. The molecule has 310 valence electrons. The van der Waals surface area contributed by atoms with Crippen LogP contribution in [0.4, 0.5) is 10.8 Å². The minimum Gasteiger partial charge on any atom is -0.507 e. The third-order valence-electron chi connectivity index (χ3n) is 11.4. The van der Waals surface area contributed by atoms with E-state index in [2.05, 4.69) is 5.32 Å². The van der Waals surface area contributed by atoms with Crippen molar-refractivity contribution in [3.05, 3.63) is 47.3 Å². The van der Waals surface area contributed by atoms with Gasteiger partial charge in [-0.1, -0.05) is 57.3 Å². The molecule has 0 saturated carbocycles. The van der Waals surface area contributed by atoms with Crippen LogP contribution in [0.25, 0.3) is 21.0 Å². The Balaban J connectivity index is 1.75. The highest BCUT2D eigenvalue weighted by molar-refractivity contribution is 7.23. The summed E-state index contributed by atoms with van der Waals surface area (Å²) >= 11 is 1.22. The number of phenols is 2. The Morgan fingerprint density at radius 1 is 1.00 bits per heavy atom. The Labute approximate surface area is 336 Å². The number of thiazole rings is 1. The van der Waals surface area contributed by atoms with Crippen LogP contribution in [0.3, 0.4) is 0 Å². The van der Waals surface area contributed by atoms with Crippen molar-refractivity contribution in [2.45, 2.75) is 99.4 Å². The summed E-state index contributed by atoms with van der Waals surface area (Å²) in [5, 5.41) is 49.9. The Bertz CT molecular complexity index is 2140. The Morgan fingerprint density at radius 3 is 2.28 bits per heavy atom. The van der Waals surface area contributed by atoms with E-state index in [-0.39, 0.29) is 50.2 Å². The molecule has 1 aromatic heterocycles. The fraction of sp³-hybridized carbons (Fsp3) is 0.524. The van der Waals surface area contributed by atoms with Crippen LogP contribution >= 0.6 is 11.3 Å². The number of fused-ring (bicyclic) bond motifs is 1. The summed E-state index contributed by atoms with van der Waals surface area (Å²) < 4.78 is 24.2. The van der Waals surface area contributed by atoms with Gasteiger partial charge in [-0.3, -0.25) is 14.4 Å². The number of hydrogen-bond acceptors (Lipinski definition) is 14. The Morgan fingerprint density at radius 2 is 1.67 bits per heavy atom. The average molecular weight is 810 g/mol. The molecule has 3 heterocycles. The maximum absolute atomic E-state index is 14.5. The number of aliphatic hydroxyl groups excluding tert-OH is 2. The van der Waals surface area contributed by atoms with E-state index < -0.39 is 77.3 Å². The van der Waals surface area contributed by atoms with Crippen molar-refractivity contribution in [2.75, 3.05) is 30.4 Å². The third kappa shape index (κ3) is 7.94. The Hall–Kier alpha value is -4.70. The van der Waals surface area contributed by atoms with Crippen LogP contribution in [-0.2, 0) is 23.8 Å². The number of carbonyl (C=O) groups excluding carboxylic acids is 3. The summed E-state index contributed by atoms with van der Waals surface area (Å²) in [5.74, 6) is -6.80. The molecule has 0 unspecified atom stereocenters. The molecule has 2 aliphatic heterocycles. The molecule has 57 heavy (non-hydrogen) atoms. The number of aromatic nitrogens is 1. The molecule has 0 radical (unpaired) electrons. The number of benzene rings is 2. The number of rotatable bonds is 5. The zero-order valence-corrected chi connectivity index (χ0v) is 35.2. The van der Waals surface area contributed by atoms with Gasteiger partial charge in [0.25, 0.3) is 11.7 Å². The highest BCUT2D eigenvalue weighted by atomic mass is 32.1. The van der Waals surface area contributed by atoms with Crippen LogP contribution in [0.5, 0.6) is 17.2 Å². The van der Waals surface area contributed by atoms with Crippen molar-refractivity contribution in [3.63, 3.8) is 0 Å². The van der Waals surface area contributed by atoms with Crippen molar-refractivity contribution in [3.8, 4) is 17.2 Å². The number of ether oxygens (including phenoxy) is 4. The molecule has 15 heteroatoms. The van der Waals surface area contributed by atoms with Crippen molar-refractivity contribution in [2.24, 2.45) is 23.7 Å². The van der Waals surface area contributed by atoms with E-state index in [1.807, 2.05) is 18.7 Å². The van der Waals surface area contributed by atoms with E-state index in [0.717, 1.165) is 0 Å². The molecule has 5 N–H and O–H groups in total. The van der Waals surface area contributed by atoms with Crippen LogP contribution in [0.2, 0.25) is 0 Å². The van der Waals surface area contributed by atoms with Crippen LogP contribution < -0.4 is 15.0 Å². The van der Waals surface area contributed by atoms with Gasteiger partial charge in [0, 0.05) is 74.2 Å². The minimum atomic E-state index is -1.94. The molecular weight excluding hydrogens is 755 g/mol. The predicted octanol–water partition coefficient (Wildman–Crippen LogP) is 6.50. The van der Waals surface area contributed by atoms with Crippen LogP contribution in [0, 0.1) is 30.6 Å². The number of anilines is 2. The summed E-state index contributed by atoms with van der Waals surface area (Å²) in [5.41, 5.74) is 0.740. The van der Waals surface area contributed by atoms with Crippen LogP contribution in [-0.4, -0.2) is 93.5 Å². The summed E-state index contributed by atoms with van der Waals surface area (Å²) in [6, 6.07) is 0. The van der Waals surface area contributed by atoms with Gasteiger partial charge < -0.3 is 49.6 Å². The van der Waals surface area contributed by atoms with E-state index >= 15 is 0 Å². The van der Waals surface area contributed by atoms with Gasteiger partial charge in [-0.2, -0.15) is 0 Å². The van der Waals surface area contributed by atoms with E-state index in [1.165, 1.54) is 38.6 Å². The van der Waals surface area contributed by atoms with Crippen LogP contribution in [0.15, 0.2) is 36.1 Å². The fourth-order valence-corrected chi connectivity index (χ4v) is 8.94. The van der Waals surface area contributed by atoms with E-state index in [4.69, 9.17) is 23.9 Å². The molecule has 0 saturated heterocycles. The summed E-state index contributed by atoms with van der Waals surface area (Å²) in [4.78, 5) is 47.5. The fourth-order valence-electron chi connectivity index (χ4n) is 7.74. The van der Waals surface area contributed by atoms with E-state index in [0.29, 0.717) is 22.9 Å². The highest BCUT2D eigenvalue weighted by Gasteiger charge is 2.50. The smallest absolute Gasteiger partial charge is 0.312 e. The highest BCUT2D eigenvalue weighted by Crippen LogP contribution is 2.55. The molecule has 1 amide bonds. The van der Waals surface area contributed by atoms with Gasteiger partial charge in [0.15, 0.2) is 10.9 Å². The van der Waals surface area contributed by atoms with Gasteiger partial charge >= 0.3 is 11.8 Å². The van der Waals surface area contributed by atoms with Crippen LogP contribution in [0.1, 0.15) is 78.2 Å². The number of phenolic OH excluding ortho intramolecular Hbond substituents is 2. The standard InChI is InChI=1S/C42H55N3O11S/c1-12-45(13-2)41-44-30-27-28-34(49)24(8)37-29(27)39(51)42(10,56-37)54-18-17-26(53-11)21(5)36(55-25(9)46)23(7)33(48)22(6)32(47)19(3)15-14-16-20(4)40(52)43-31(35(28)50)38(30)57-41/h14-19,21-23,26,32-33,36,47-50H,12-13H2,1-11H3,(H,43,52)/b15-14+,18-17+,20-16-/t19-,21+,22+,23+,26-,32-,33+,36+,42-/m0/s1. The van der Waals surface area contributed by atoms with Gasteiger partial charge in [0.1, 0.15) is 23.3 Å². The molecule has 14 nitrogen and oxygen atoms in total. The normalized spacial score (nSPS) is 30.7. The number of carbonyl (C=O) groups is 3. The minimum absolute atomic E-state index is 0.0139. The number of nitrogens with one attached hydrogen (secondary N) is 1. The van der Waals surface area contributed by atoms with Gasteiger partial charge in [0.05, 0.1) is 45.7 Å². The van der Waals surface area contributed by atoms with Crippen molar-refractivity contribution < 1.29 is 53.8 Å². The monoisotopic (exact) mass is 809 g/mol. The van der Waals surface area contributed by atoms with Crippen molar-refractivity contribution in [1.82, 2.24) is 4.98 Å². The van der Waals surface area contributed by atoms with Gasteiger partial charge in [-0.25, -0.2) is 4.98 Å². The third-order valence-corrected chi connectivity index (χ3v) is 12.5. The largest absolute Gasteiger partial charge is 0.507 e. The van der Waals surface area contributed by atoms with Crippen molar-refractivity contribution >= 4 is 60.8 Å². The molecule has 3 aromatic rings. The van der Waals surface area contributed by atoms with E-state index in [1.54, 1.807) is 65.8 Å². The van der Waals surface area contributed by atoms with Gasteiger partial charge in [-0.05, 0) is 33.8 Å². The number of aliphatic hydroxyl groups is 2. The zero-order chi connectivity index (χ0) is 42.3. The average Bonchev–Trinajstić information content (AvgIpc) is 3.72. The number of methoxy groups -OCH3 is 1. The van der Waals surface area contributed by atoms with Gasteiger partial charge in [0.2, 0.25) is 0 Å². The maximum atomic E-state index is 14.5. The van der Waals surface area contributed by atoms with Gasteiger partial charge in [-0.15, -0.1) is 0 Å². The molecular formula is C42H55N3O11S. The molecule has 0 spiro atoms. The zero-order valence-electron chi connectivity index (χ0n) is 34.4. The molecule has 0 fully saturated rings. The lowest BCUT2D eigenvalue weighted by Crippen LogP contribution is -2.46. The lowest BCUT2D eigenvalue weighted by molar-refractivity contribution is -0.160. The Kier molecular flexibility index (Phi) is 13.0. The number of amides is 1. The molecule has 2 aliphatic rings. The number of esters is 1. The summed E-state index contributed by atoms with van der Waals surface area (Å²) in [6.45, 7) is 18.0. The second kappa shape index (κ2) is 17.0. The second-order valence-corrected chi connectivity index (χ2v) is 16.2. The number of Topliss-reactive ketones (excluding diaryl/α,β-unsaturated/α-hetero) is 1. The SMILES string of the molecule is CCN(CC)c1nc2c(s1)c1c(O)c3c(O)c(C)c4c(c32)C(=O)[C@@](C)(O/C=C/[C@H](OC)[C@@H](C)[C@@H](OC(C)=O)[C@H](C)[C@H](O)[C@H](C)[C@@H](O)[C@@H](C)/C=C/C=C(/C)C(=O)N1)O4. The number of nitrogens with zero attached hydrogens (tertiary/aromatic N) is 2.